The molecule has 0 aliphatic carbocycles. The van der Waals surface area contributed by atoms with Gasteiger partial charge in [0, 0.05) is 22.6 Å². The molecular weight excluding hydrogens is 400 g/mol. The van der Waals surface area contributed by atoms with E-state index in [-0.39, 0.29) is 5.91 Å². The molecular formula is C22H20N4O3S. The van der Waals surface area contributed by atoms with Crippen LogP contribution < -0.4 is 14.8 Å². The van der Waals surface area contributed by atoms with Crippen LogP contribution in [-0.4, -0.2) is 34.9 Å². The number of aromatic nitrogens is 3. The lowest BCUT2D eigenvalue weighted by atomic mass is 10.1. The molecule has 0 radical (unpaired) electrons. The first-order chi connectivity index (χ1) is 14.6. The molecule has 1 amide bonds. The van der Waals surface area contributed by atoms with E-state index in [0.717, 1.165) is 17.0 Å². The maximum atomic E-state index is 12.6. The molecule has 2 aromatic carbocycles. The fourth-order valence-electron chi connectivity index (χ4n) is 3.00. The number of hydrogen-bond donors (Lipinski definition) is 1. The van der Waals surface area contributed by atoms with Gasteiger partial charge in [0.15, 0.2) is 11.5 Å². The monoisotopic (exact) mass is 420 g/mol. The normalized spacial score (nSPS) is 10.6. The van der Waals surface area contributed by atoms with Gasteiger partial charge in [-0.3, -0.25) is 4.79 Å². The van der Waals surface area contributed by atoms with Crippen LogP contribution >= 0.6 is 11.3 Å². The number of methoxy groups -OCH3 is 2. The van der Waals surface area contributed by atoms with Gasteiger partial charge in [-0.2, -0.15) is 9.78 Å². The Labute approximate surface area is 177 Å². The first-order valence-corrected chi connectivity index (χ1v) is 10.1. The van der Waals surface area contributed by atoms with Gasteiger partial charge in [-0.05, 0) is 37.3 Å². The third-order valence-electron chi connectivity index (χ3n) is 4.46. The van der Waals surface area contributed by atoms with E-state index < -0.39 is 0 Å². The Morgan fingerprint density at radius 3 is 2.53 bits per heavy atom. The number of nitrogens with one attached hydrogen (secondary N) is 1. The number of thiazole rings is 1. The quantitative estimate of drug-likeness (QED) is 0.494. The highest BCUT2D eigenvalue weighted by atomic mass is 32.1. The number of benzene rings is 2. The summed E-state index contributed by atoms with van der Waals surface area (Å²) in [6, 6.07) is 16.5. The van der Waals surface area contributed by atoms with Crippen LogP contribution in [0.2, 0.25) is 0 Å². The SMILES string of the molecule is COc1ccc(-c2csc(-n3nc(C)cc3NC(=O)c3ccccc3)n2)cc1OC. The first kappa shape index (κ1) is 19.7. The minimum atomic E-state index is -0.201. The van der Waals surface area contributed by atoms with Crippen LogP contribution in [0.25, 0.3) is 16.4 Å². The minimum Gasteiger partial charge on any atom is -0.493 e. The molecule has 0 saturated carbocycles. The predicted octanol–water partition coefficient (Wildman–Crippen LogP) is 4.57. The lowest BCUT2D eigenvalue weighted by Crippen LogP contribution is -2.15. The third kappa shape index (κ3) is 3.90. The summed E-state index contributed by atoms with van der Waals surface area (Å²) in [5.41, 5.74) is 3.03. The Morgan fingerprint density at radius 2 is 1.80 bits per heavy atom. The smallest absolute Gasteiger partial charge is 0.256 e. The Hall–Kier alpha value is -3.65. The van der Waals surface area contributed by atoms with E-state index in [9.17, 15) is 4.79 Å². The minimum absolute atomic E-state index is 0.201. The molecule has 152 valence electrons. The summed E-state index contributed by atoms with van der Waals surface area (Å²) in [7, 11) is 3.20. The zero-order chi connectivity index (χ0) is 21.1. The molecule has 8 heteroatoms. The Kier molecular flexibility index (Phi) is 5.49. The van der Waals surface area contributed by atoms with Crippen molar-refractivity contribution >= 4 is 23.1 Å². The molecule has 0 aliphatic heterocycles. The van der Waals surface area contributed by atoms with Crippen LogP contribution in [0.4, 0.5) is 5.82 Å². The number of ether oxygens (including phenoxy) is 2. The van der Waals surface area contributed by atoms with Crippen molar-refractivity contribution < 1.29 is 14.3 Å². The highest BCUT2D eigenvalue weighted by Gasteiger charge is 2.16. The molecule has 0 bridgehead atoms. The van der Waals surface area contributed by atoms with Crippen molar-refractivity contribution in [3.05, 3.63) is 71.2 Å². The molecule has 4 rings (SSSR count). The van der Waals surface area contributed by atoms with Crippen LogP contribution in [0.15, 0.2) is 60.0 Å². The van der Waals surface area contributed by atoms with Crippen LogP contribution in [-0.2, 0) is 0 Å². The number of hydrogen-bond acceptors (Lipinski definition) is 6. The molecule has 2 heterocycles. The van der Waals surface area contributed by atoms with Gasteiger partial charge in [0.2, 0.25) is 5.13 Å². The Morgan fingerprint density at radius 1 is 1.03 bits per heavy atom. The van der Waals surface area contributed by atoms with Crippen molar-refractivity contribution in [3.63, 3.8) is 0 Å². The Bertz CT molecular complexity index is 1180. The van der Waals surface area contributed by atoms with E-state index in [4.69, 9.17) is 14.5 Å². The van der Waals surface area contributed by atoms with E-state index in [1.807, 2.05) is 54.8 Å². The molecule has 0 aliphatic rings. The van der Waals surface area contributed by atoms with E-state index in [1.54, 1.807) is 31.0 Å². The number of nitrogens with zero attached hydrogens (tertiary/aromatic N) is 3. The number of carbonyl (C=O) groups excluding carboxylic acids is 1. The van der Waals surface area contributed by atoms with E-state index >= 15 is 0 Å². The summed E-state index contributed by atoms with van der Waals surface area (Å²) in [5, 5.41) is 10.0. The molecule has 0 unspecified atom stereocenters. The van der Waals surface area contributed by atoms with Gasteiger partial charge in [0.1, 0.15) is 5.82 Å². The molecule has 4 aromatic rings. The molecule has 30 heavy (non-hydrogen) atoms. The summed E-state index contributed by atoms with van der Waals surface area (Å²) in [6.07, 6.45) is 0. The molecule has 0 spiro atoms. The number of anilines is 1. The average Bonchev–Trinajstić information content (AvgIpc) is 3.40. The van der Waals surface area contributed by atoms with E-state index in [2.05, 4.69) is 10.4 Å². The predicted molar refractivity (Wildman–Crippen MR) is 117 cm³/mol. The van der Waals surface area contributed by atoms with Crippen LogP contribution in [0, 0.1) is 6.92 Å². The average molecular weight is 420 g/mol. The molecule has 0 atom stereocenters. The Balaban J connectivity index is 1.64. The summed E-state index contributed by atoms with van der Waals surface area (Å²) in [4.78, 5) is 17.3. The van der Waals surface area contributed by atoms with Crippen LogP contribution in [0.1, 0.15) is 16.1 Å². The number of amides is 1. The van der Waals surface area contributed by atoms with Gasteiger partial charge < -0.3 is 14.8 Å². The molecule has 0 saturated heterocycles. The standard InChI is InChI=1S/C22H20N4O3S/c1-14-11-20(24-21(27)15-7-5-4-6-8-15)26(25-14)22-23-17(13-30-22)16-9-10-18(28-2)19(12-16)29-3/h4-13H,1-3H3,(H,24,27). The van der Waals surface area contributed by atoms with Crippen LogP contribution in [0.3, 0.4) is 0 Å². The third-order valence-corrected chi connectivity index (χ3v) is 5.28. The maximum Gasteiger partial charge on any atom is 0.256 e. The van der Waals surface area contributed by atoms with Gasteiger partial charge in [0.05, 0.1) is 25.6 Å². The highest BCUT2D eigenvalue weighted by Crippen LogP contribution is 2.33. The zero-order valence-electron chi connectivity index (χ0n) is 16.7. The van der Waals surface area contributed by atoms with Gasteiger partial charge in [-0.25, -0.2) is 4.98 Å². The van der Waals surface area contributed by atoms with Gasteiger partial charge >= 0.3 is 0 Å². The van der Waals surface area contributed by atoms with Gasteiger partial charge in [-0.1, -0.05) is 18.2 Å². The van der Waals surface area contributed by atoms with Gasteiger partial charge in [0.25, 0.3) is 5.91 Å². The molecule has 2 aromatic heterocycles. The maximum absolute atomic E-state index is 12.6. The summed E-state index contributed by atoms with van der Waals surface area (Å²) < 4.78 is 12.3. The van der Waals surface area contributed by atoms with Gasteiger partial charge in [-0.15, -0.1) is 11.3 Å². The lowest BCUT2D eigenvalue weighted by molar-refractivity contribution is 0.102. The summed E-state index contributed by atoms with van der Waals surface area (Å²) in [6.45, 7) is 1.87. The van der Waals surface area contributed by atoms with Crippen molar-refractivity contribution in [2.45, 2.75) is 6.92 Å². The topological polar surface area (TPSA) is 78.3 Å². The van der Waals surface area contributed by atoms with Crippen molar-refractivity contribution in [1.29, 1.82) is 0 Å². The number of aryl methyl sites for hydroxylation is 1. The molecule has 0 fully saturated rings. The van der Waals surface area contributed by atoms with E-state index in [1.165, 1.54) is 11.3 Å². The van der Waals surface area contributed by atoms with Crippen molar-refractivity contribution in [3.8, 4) is 27.9 Å². The first-order valence-electron chi connectivity index (χ1n) is 9.20. The summed E-state index contributed by atoms with van der Waals surface area (Å²) in [5.74, 6) is 1.66. The lowest BCUT2D eigenvalue weighted by Gasteiger charge is -2.08. The second kappa shape index (κ2) is 8.38. The molecule has 1 N–H and O–H groups in total. The van der Waals surface area contributed by atoms with Crippen molar-refractivity contribution in [2.75, 3.05) is 19.5 Å². The van der Waals surface area contributed by atoms with Crippen molar-refractivity contribution in [2.24, 2.45) is 0 Å². The van der Waals surface area contributed by atoms with Crippen LogP contribution in [0.5, 0.6) is 11.5 Å². The molecule has 7 nitrogen and oxygen atoms in total. The van der Waals surface area contributed by atoms with Crippen molar-refractivity contribution in [1.82, 2.24) is 14.8 Å². The number of carbonyl (C=O) groups is 1. The largest absolute Gasteiger partial charge is 0.493 e. The van der Waals surface area contributed by atoms with E-state index in [0.29, 0.717) is 28.0 Å². The fourth-order valence-corrected chi connectivity index (χ4v) is 3.80. The summed E-state index contributed by atoms with van der Waals surface area (Å²) >= 11 is 1.44. The zero-order valence-corrected chi connectivity index (χ0v) is 17.6. The fraction of sp³-hybridized carbons (Fsp3) is 0.136. The second-order valence-electron chi connectivity index (χ2n) is 6.49. The second-order valence-corrected chi connectivity index (χ2v) is 7.32. The number of rotatable bonds is 6. The highest BCUT2D eigenvalue weighted by molar-refractivity contribution is 7.12.